The average Bonchev–Trinajstić information content (AvgIpc) is 3.00. The van der Waals surface area contributed by atoms with Gasteiger partial charge in [0, 0.05) is 31.0 Å². The third-order valence-electron chi connectivity index (χ3n) is 5.37. The van der Waals surface area contributed by atoms with E-state index in [1.54, 1.807) is 0 Å². The summed E-state index contributed by atoms with van der Waals surface area (Å²) in [4.78, 5) is 23.7. The van der Waals surface area contributed by atoms with Gasteiger partial charge in [0.2, 0.25) is 0 Å². The van der Waals surface area contributed by atoms with Gasteiger partial charge in [-0.3, -0.25) is 0 Å². The average molecular weight is 363 g/mol. The van der Waals surface area contributed by atoms with Crippen LogP contribution in [0.2, 0.25) is 0 Å². The van der Waals surface area contributed by atoms with E-state index in [1.165, 1.54) is 5.56 Å². The molecule has 6 nitrogen and oxygen atoms in total. The molecule has 3 aromatic rings. The molecular formula is C21H25N5O. The number of carbonyl (C=O) groups is 1. The molecule has 1 N–H and O–H groups in total. The van der Waals surface area contributed by atoms with E-state index in [4.69, 9.17) is 0 Å². The Balaban J connectivity index is 1.44. The lowest BCUT2D eigenvalue weighted by Gasteiger charge is -2.33. The highest BCUT2D eigenvalue weighted by Crippen LogP contribution is 2.28. The summed E-state index contributed by atoms with van der Waals surface area (Å²) in [6, 6.07) is 10.3. The predicted octanol–water partition coefficient (Wildman–Crippen LogP) is 4.23. The molecule has 0 spiro atoms. The second-order valence-corrected chi connectivity index (χ2v) is 7.34. The van der Waals surface area contributed by atoms with Gasteiger partial charge in [0.1, 0.15) is 11.3 Å². The number of fused-ring (bicyclic) bond motifs is 1. The molecule has 140 valence electrons. The van der Waals surface area contributed by atoms with Crippen LogP contribution in [0.1, 0.15) is 35.8 Å². The molecular weight excluding hydrogens is 338 g/mol. The second-order valence-electron chi connectivity index (χ2n) is 7.34. The van der Waals surface area contributed by atoms with Gasteiger partial charge in [-0.05, 0) is 57.4 Å². The molecule has 2 aromatic heterocycles. The van der Waals surface area contributed by atoms with Gasteiger partial charge in [-0.2, -0.15) is 0 Å². The van der Waals surface area contributed by atoms with Gasteiger partial charge in [0.05, 0.1) is 0 Å². The topological polar surface area (TPSA) is 63.1 Å². The standard InChI is InChI=1S/C21H25N5O/c1-14-6-7-18(15(2)13-14)24-21(27)25-11-8-17(9-12-25)26-16(3)23-19-5-4-10-22-20(19)26/h4-7,10,13,17H,8-9,11-12H2,1-3H3,(H,24,27). The molecule has 0 atom stereocenters. The maximum atomic E-state index is 12.7. The van der Waals surface area contributed by atoms with Gasteiger partial charge in [0.15, 0.2) is 5.65 Å². The number of nitrogens with zero attached hydrogens (tertiary/aromatic N) is 4. The lowest BCUT2D eigenvalue weighted by atomic mass is 10.0. The molecule has 6 heteroatoms. The second kappa shape index (κ2) is 7.02. The summed E-state index contributed by atoms with van der Waals surface area (Å²) in [6.45, 7) is 7.57. The number of aromatic nitrogens is 3. The van der Waals surface area contributed by atoms with Crippen LogP contribution in [0, 0.1) is 20.8 Å². The first-order valence-electron chi connectivity index (χ1n) is 9.45. The minimum atomic E-state index is -0.0225. The van der Waals surface area contributed by atoms with E-state index in [1.807, 2.05) is 49.2 Å². The third-order valence-corrected chi connectivity index (χ3v) is 5.37. The first-order chi connectivity index (χ1) is 13.0. The van der Waals surface area contributed by atoms with Gasteiger partial charge in [0.25, 0.3) is 0 Å². The van der Waals surface area contributed by atoms with Crippen LogP contribution in [-0.2, 0) is 0 Å². The van der Waals surface area contributed by atoms with Crippen molar-refractivity contribution in [3.05, 3.63) is 53.5 Å². The quantitative estimate of drug-likeness (QED) is 0.741. The lowest BCUT2D eigenvalue weighted by molar-refractivity contribution is 0.184. The Morgan fingerprint density at radius 2 is 1.93 bits per heavy atom. The van der Waals surface area contributed by atoms with E-state index in [2.05, 4.69) is 32.8 Å². The maximum absolute atomic E-state index is 12.7. The van der Waals surface area contributed by atoms with Crippen LogP contribution in [0.4, 0.5) is 10.5 Å². The molecule has 0 aliphatic carbocycles. The van der Waals surface area contributed by atoms with Crippen molar-refractivity contribution in [1.29, 1.82) is 0 Å². The van der Waals surface area contributed by atoms with Crippen LogP contribution in [0.3, 0.4) is 0 Å². The molecule has 4 rings (SSSR count). The highest BCUT2D eigenvalue weighted by molar-refractivity contribution is 5.90. The number of hydrogen-bond acceptors (Lipinski definition) is 3. The molecule has 1 saturated heterocycles. The minimum Gasteiger partial charge on any atom is -0.324 e. The lowest BCUT2D eigenvalue weighted by Crippen LogP contribution is -2.41. The number of imidazole rings is 1. The molecule has 0 radical (unpaired) electrons. The monoisotopic (exact) mass is 363 g/mol. The summed E-state index contributed by atoms with van der Waals surface area (Å²) in [6.07, 6.45) is 3.62. The molecule has 0 unspecified atom stereocenters. The third kappa shape index (κ3) is 3.39. The number of likely N-dealkylation sites (tertiary alicyclic amines) is 1. The summed E-state index contributed by atoms with van der Waals surface area (Å²) >= 11 is 0. The summed E-state index contributed by atoms with van der Waals surface area (Å²) in [5, 5.41) is 3.05. The fourth-order valence-corrected chi connectivity index (χ4v) is 3.96. The number of pyridine rings is 1. The number of rotatable bonds is 2. The number of anilines is 1. The van der Waals surface area contributed by atoms with E-state index in [9.17, 15) is 4.79 Å². The first kappa shape index (κ1) is 17.5. The van der Waals surface area contributed by atoms with E-state index >= 15 is 0 Å². The number of aryl methyl sites for hydroxylation is 3. The maximum Gasteiger partial charge on any atom is 0.321 e. The van der Waals surface area contributed by atoms with Crippen LogP contribution in [0.15, 0.2) is 36.5 Å². The van der Waals surface area contributed by atoms with Crippen molar-refractivity contribution in [1.82, 2.24) is 19.4 Å². The highest BCUT2D eigenvalue weighted by atomic mass is 16.2. The molecule has 1 aliphatic heterocycles. The van der Waals surface area contributed by atoms with Gasteiger partial charge in [-0.1, -0.05) is 17.7 Å². The number of amides is 2. The Hall–Kier alpha value is -2.89. The molecule has 1 fully saturated rings. The predicted molar refractivity (Wildman–Crippen MR) is 107 cm³/mol. The van der Waals surface area contributed by atoms with E-state index in [0.29, 0.717) is 6.04 Å². The Labute approximate surface area is 159 Å². The molecule has 0 bridgehead atoms. The van der Waals surface area contributed by atoms with Crippen LogP contribution < -0.4 is 5.32 Å². The van der Waals surface area contributed by atoms with Crippen LogP contribution in [0.25, 0.3) is 11.2 Å². The molecule has 27 heavy (non-hydrogen) atoms. The molecule has 2 amide bonds. The SMILES string of the molecule is Cc1ccc(NC(=O)N2CCC(n3c(C)nc4cccnc43)CC2)c(C)c1. The Kier molecular flexibility index (Phi) is 4.56. The van der Waals surface area contributed by atoms with E-state index in [0.717, 1.165) is 54.2 Å². The number of benzene rings is 1. The summed E-state index contributed by atoms with van der Waals surface area (Å²) in [5.74, 6) is 0.988. The van der Waals surface area contributed by atoms with Gasteiger partial charge >= 0.3 is 6.03 Å². The zero-order chi connectivity index (χ0) is 19.0. The summed E-state index contributed by atoms with van der Waals surface area (Å²) in [5.41, 5.74) is 5.04. The van der Waals surface area contributed by atoms with Gasteiger partial charge < -0.3 is 14.8 Å². The largest absolute Gasteiger partial charge is 0.324 e. The Morgan fingerprint density at radius 3 is 2.67 bits per heavy atom. The normalized spacial score (nSPS) is 15.3. The highest BCUT2D eigenvalue weighted by Gasteiger charge is 2.26. The zero-order valence-corrected chi connectivity index (χ0v) is 16.1. The van der Waals surface area contributed by atoms with Crippen molar-refractivity contribution in [2.45, 2.75) is 39.7 Å². The summed E-state index contributed by atoms with van der Waals surface area (Å²) < 4.78 is 2.23. The van der Waals surface area contributed by atoms with Crippen molar-refractivity contribution >= 4 is 22.9 Å². The Morgan fingerprint density at radius 1 is 1.15 bits per heavy atom. The molecule has 1 aromatic carbocycles. The van der Waals surface area contributed by atoms with Crippen molar-refractivity contribution in [2.75, 3.05) is 18.4 Å². The van der Waals surface area contributed by atoms with Crippen molar-refractivity contribution < 1.29 is 4.79 Å². The first-order valence-corrected chi connectivity index (χ1v) is 9.45. The number of piperidine rings is 1. The minimum absolute atomic E-state index is 0.0225. The van der Waals surface area contributed by atoms with Crippen LogP contribution in [-0.4, -0.2) is 38.6 Å². The van der Waals surface area contributed by atoms with Crippen molar-refractivity contribution in [2.24, 2.45) is 0 Å². The molecule has 1 aliphatic rings. The van der Waals surface area contributed by atoms with Crippen LogP contribution >= 0.6 is 0 Å². The fourth-order valence-electron chi connectivity index (χ4n) is 3.96. The van der Waals surface area contributed by atoms with E-state index in [-0.39, 0.29) is 6.03 Å². The number of urea groups is 1. The van der Waals surface area contributed by atoms with Gasteiger partial charge in [-0.15, -0.1) is 0 Å². The molecule has 3 heterocycles. The number of carbonyl (C=O) groups excluding carboxylic acids is 1. The summed E-state index contributed by atoms with van der Waals surface area (Å²) in [7, 11) is 0. The smallest absolute Gasteiger partial charge is 0.321 e. The van der Waals surface area contributed by atoms with Crippen LogP contribution in [0.5, 0.6) is 0 Å². The number of hydrogen-bond donors (Lipinski definition) is 1. The zero-order valence-electron chi connectivity index (χ0n) is 16.1. The molecule has 0 saturated carbocycles. The number of nitrogens with one attached hydrogen (secondary N) is 1. The van der Waals surface area contributed by atoms with Crippen molar-refractivity contribution in [3.63, 3.8) is 0 Å². The Bertz CT molecular complexity index is 985. The van der Waals surface area contributed by atoms with E-state index < -0.39 is 0 Å². The fraction of sp³-hybridized carbons (Fsp3) is 0.381. The van der Waals surface area contributed by atoms with Gasteiger partial charge in [-0.25, -0.2) is 14.8 Å². The van der Waals surface area contributed by atoms with Crippen molar-refractivity contribution in [3.8, 4) is 0 Å².